The molecule has 4 aromatic rings. The van der Waals surface area contributed by atoms with Crippen LogP contribution in [0.2, 0.25) is 0 Å². The Morgan fingerprint density at radius 2 is 2.11 bits per heavy atom. The number of carbonyl (C=O) groups is 1. The van der Waals surface area contributed by atoms with Gasteiger partial charge in [0.1, 0.15) is 5.69 Å². The zero-order chi connectivity index (χ0) is 18.4. The predicted molar refractivity (Wildman–Crippen MR) is 105 cm³/mol. The molecule has 27 heavy (non-hydrogen) atoms. The summed E-state index contributed by atoms with van der Waals surface area (Å²) < 4.78 is 1.69. The van der Waals surface area contributed by atoms with Crippen molar-refractivity contribution in [1.29, 1.82) is 0 Å². The van der Waals surface area contributed by atoms with Gasteiger partial charge in [0.05, 0.1) is 22.6 Å². The van der Waals surface area contributed by atoms with Crippen molar-refractivity contribution in [1.82, 2.24) is 19.6 Å². The number of thiazole rings is 1. The highest BCUT2D eigenvalue weighted by atomic mass is 32.1. The molecule has 134 valence electrons. The lowest BCUT2D eigenvalue weighted by Crippen LogP contribution is -2.15. The Kier molecular flexibility index (Phi) is 3.75. The molecule has 0 spiro atoms. The van der Waals surface area contributed by atoms with E-state index in [1.807, 2.05) is 48.8 Å². The molecule has 0 atom stereocenters. The Labute approximate surface area is 159 Å². The van der Waals surface area contributed by atoms with E-state index >= 15 is 0 Å². The molecule has 0 bridgehead atoms. The average Bonchev–Trinajstić information content (AvgIpc) is 3.29. The van der Waals surface area contributed by atoms with Crippen LogP contribution in [0.5, 0.6) is 0 Å². The van der Waals surface area contributed by atoms with Gasteiger partial charge in [-0.15, -0.1) is 11.3 Å². The lowest BCUT2D eigenvalue weighted by atomic mass is 10.1. The molecule has 1 aliphatic rings. The van der Waals surface area contributed by atoms with Crippen molar-refractivity contribution in [2.45, 2.75) is 25.7 Å². The molecule has 5 rings (SSSR count). The molecule has 1 amide bonds. The Morgan fingerprint density at radius 3 is 2.89 bits per heavy atom. The second-order valence-corrected chi connectivity index (χ2v) is 7.81. The summed E-state index contributed by atoms with van der Waals surface area (Å²) in [6.07, 6.45) is 4.30. The maximum absolute atomic E-state index is 12.6. The SMILES string of the molecule is Cc1nc(-c2cccc(NC(=O)c3ccc4nc(C5CC5)cn4n3)c2)cs1. The first-order chi connectivity index (χ1) is 13.2. The van der Waals surface area contributed by atoms with Gasteiger partial charge in [0, 0.05) is 22.5 Å². The van der Waals surface area contributed by atoms with Crippen molar-refractivity contribution < 1.29 is 4.79 Å². The van der Waals surface area contributed by atoms with Crippen LogP contribution >= 0.6 is 11.3 Å². The maximum atomic E-state index is 12.6. The first-order valence-electron chi connectivity index (χ1n) is 8.86. The smallest absolute Gasteiger partial charge is 0.276 e. The number of hydrogen-bond donors (Lipinski definition) is 1. The van der Waals surface area contributed by atoms with Crippen LogP contribution in [0, 0.1) is 6.92 Å². The van der Waals surface area contributed by atoms with Gasteiger partial charge < -0.3 is 5.32 Å². The van der Waals surface area contributed by atoms with E-state index in [9.17, 15) is 4.79 Å². The van der Waals surface area contributed by atoms with Crippen LogP contribution in [0.4, 0.5) is 5.69 Å². The van der Waals surface area contributed by atoms with Gasteiger partial charge in [-0.1, -0.05) is 12.1 Å². The van der Waals surface area contributed by atoms with E-state index in [0.717, 1.165) is 27.6 Å². The van der Waals surface area contributed by atoms with Crippen molar-refractivity contribution in [3.63, 3.8) is 0 Å². The van der Waals surface area contributed by atoms with Gasteiger partial charge in [0.25, 0.3) is 5.91 Å². The summed E-state index contributed by atoms with van der Waals surface area (Å²) in [5.41, 5.74) is 4.80. The summed E-state index contributed by atoms with van der Waals surface area (Å²) in [7, 11) is 0. The molecule has 7 heteroatoms. The molecule has 1 aromatic carbocycles. The van der Waals surface area contributed by atoms with E-state index in [1.165, 1.54) is 12.8 Å². The Morgan fingerprint density at radius 1 is 1.22 bits per heavy atom. The number of amides is 1. The molecule has 1 saturated carbocycles. The highest BCUT2D eigenvalue weighted by Crippen LogP contribution is 2.39. The van der Waals surface area contributed by atoms with Crippen LogP contribution in [-0.4, -0.2) is 25.5 Å². The third kappa shape index (κ3) is 3.21. The van der Waals surface area contributed by atoms with Crippen molar-refractivity contribution >= 4 is 28.6 Å². The molecule has 0 unspecified atom stereocenters. The van der Waals surface area contributed by atoms with E-state index in [2.05, 4.69) is 20.4 Å². The minimum atomic E-state index is -0.245. The molecule has 0 radical (unpaired) electrons. The molecule has 3 aromatic heterocycles. The maximum Gasteiger partial charge on any atom is 0.276 e. The average molecular weight is 375 g/mol. The van der Waals surface area contributed by atoms with Gasteiger partial charge in [-0.05, 0) is 44.0 Å². The second kappa shape index (κ2) is 6.28. The third-order valence-corrected chi connectivity index (χ3v) is 5.38. The zero-order valence-electron chi connectivity index (χ0n) is 14.7. The van der Waals surface area contributed by atoms with Crippen molar-refractivity contribution in [3.8, 4) is 11.3 Å². The minimum absolute atomic E-state index is 0.245. The van der Waals surface area contributed by atoms with Crippen molar-refractivity contribution in [3.05, 3.63) is 64.4 Å². The summed E-state index contributed by atoms with van der Waals surface area (Å²) >= 11 is 1.61. The first kappa shape index (κ1) is 16.1. The van der Waals surface area contributed by atoms with E-state index < -0.39 is 0 Å². The number of aromatic nitrogens is 4. The summed E-state index contributed by atoms with van der Waals surface area (Å²) in [6, 6.07) is 11.2. The molecule has 1 fully saturated rings. The van der Waals surface area contributed by atoms with Gasteiger partial charge in [-0.3, -0.25) is 4.79 Å². The van der Waals surface area contributed by atoms with Gasteiger partial charge in [0.2, 0.25) is 0 Å². The van der Waals surface area contributed by atoms with Crippen LogP contribution in [0.3, 0.4) is 0 Å². The molecule has 3 heterocycles. The van der Waals surface area contributed by atoms with Crippen LogP contribution in [0.1, 0.15) is 39.9 Å². The molecule has 1 aliphatic carbocycles. The third-order valence-electron chi connectivity index (χ3n) is 4.60. The van der Waals surface area contributed by atoms with Crippen LogP contribution in [0.25, 0.3) is 16.9 Å². The Bertz CT molecular complexity index is 1160. The quantitative estimate of drug-likeness (QED) is 0.577. The monoisotopic (exact) mass is 375 g/mol. The lowest BCUT2D eigenvalue weighted by molar-refractivity contribution is 0.102. The Hall–Kier alpha value is -3.06. The normalized spacial score (nSPS) is 13.8. The summed E-state index contributed by atoms with van der Waals surface area (Å²) in [5.74, 6) is 0.311. The fourth-order valence-electron chi connectivity index (χ4n) is 3.04. The number of rotatable bonds is 4. The Balaban J connectivity index is 1.39. The second-order valence-electron chi connectivity index (χ2n) is 6.75. The summed E-state index contributed by atoms with van der Waals surface area (Å²) in [5, 5.41) is 10.4. The number of benzene rings is 1. The number of nitrogens with one attached hydrogen (secondary N) is 1. The lowest BCUT2D eigenvalue weighted by Gasteiger charge is -2.06. The highest BCUT2D eigenvalue weighted by Gasteiger charge is 2.26. The molecule has 0 saturated heterocycles. The summed E-state index contributed by atoms with van der Waals surface area (Å²) in [6.45, 7) is 1.98. The van der Waals surface area contributed by atoms with Crippen LogP contribution in [-0.2, 0) is 0 Å². The molecular weight excluding hydrogens is 358 g/mol. The number of anilines is 1. The number of aryl methyl sites for hydroxylation is 1. The summed E-state index contributed by atoms with van der Waals surface area (Å²) in [4.78, 5) is 21.7. The first-order valence-corrected chi connectivity index (χ1v) is 9.74. The van der Waals surface area contributed by atoms with Crippen LogP contribution in [0.15, 0.2) is 48.0 Å². The van der Waals surface area contributed by atoms with Gasteiger partial charge in [-0.2, -0.15) is 5.10 Å². The molecule has 0 aliphatic heterocycles. The van der Waals surface area contributed by atoms with E-state index in [4.69, 9.17) is 0 Å². The van der Waals surface area contributed by atoms with Gasteiger partial charge >= 0.3 is 0 Å². The standard InChI is InChI=1S/C20H17N5OS/c1-12-21-18(11-27-12)14-3-2-4-15(9-14)22-20(26)16-7-8-19-23-17(13-5-6-13)10-25(19)24-16/h2-4,7-11,13H,5-6H2,1H3,(H,22,26). The largest absolute Gasteiger partial charge is 0.321 e. The van der Waals surface area contributed by atoms with E-state index in [1.54, 1.807) is 21.9 Å². The zero-order valence-corrected chi connectivity index (χ0v) is 15.5. The number of hydrogen-bond acceptors (Lipinski definition) is 5. The molecular formula is C20H17N5OS. The minimum Gasteiger partial charge on any atom is -0.321 e. The van der Waals surface area contributed by atoms with Crippen molar-refractivity contribution in [2.24, 2.45) is 0 Å². The van der Waals surface area contributed by atoms with Crippen molar-refractivity contribution in [2.75, 3.05) is 5.32 Å². The fourth-order valence-corrected chi connectivity index (χ4v) is 3.67. The molecule has 6 nitrogen and oxygen atoms in total. The van der Waals surface area contributed by atoms with Crippen LogP contribution < -0.4 is 5.32 Å². The number of nitrogens with zero attached hydrogens (tertiary/aromatic N) is 4. The topological polar surface area (TPSA) is 72.2 Å². The van der Waals surface area contributed by atoms with Gasteiger partial charge in [-0.25, -0.2) is 14.5 Å². The number of fused-ring (bicyclic) bond motifs is 1. The van der Waals surface area contributed by atoms with E-state index in [-0.39, 0.29) is 5.91 Å². The van der Waals surface area contributed by atoms with E-state index in [0.29, 0.717) is 17.3 Å². The number of imidazole rings is 1. The fraction of sp³-hybridized carbons (Fsp3) is 0.200. The molecule has 1 N–H and O–H groups in total. The number of carbonyl (C=O) groups excluding carboxylic acids is 1. The van der Waals surface area contributed by atoms with Gasteiger partial charge in [0.15, 0.2) is 5.65 Å². The highest BCUT2D eigenvalue weighted by molar-refractivity contribution is 7.09. The predicted octanol–water partition coefficient (Wildman–Crippen LogP) is 4.29.